The van der Waals surface area contributed by atoms with Crippen LogP contribution in [0.2, 0.25) is 0 Å². The zero-order valence-electron chi connectivity index (χ0n) is 16.9. The van der Waals surface area contributed by atoms with Gasteiger partial charge in [-0.25, -0.2) is 0 Å². The third kappa shape index (κ3) is 95.9. The number of hydrogen-bond donors (Lipinski definition) is 1. The van der Waals surface area contributed by atoms with E-state index in [2.05, 4.69) is 36.0 Å². The van der Waals surface area contributed by atoms with Gasteiger partial charge in [-0.1, -0.05) is 41.0 Å². The van der Waals surface area contributed by atoms with E-state index in [-0.39, 0.29) is 68.9 Å². The molecule has 0 fully saturated rings. The summed E-state index contributed by atoms with van der Waals surface area (Å²) in [5, 5.41) is 15.4. The Hall–Kier alpha value is -1.78. The minimum atomic E-state index is -0.858. The number of carbonyl (C=O) groups is 3. The van der Waals surface area contributed by atoms with Crippen molar-refractivity contribution in [3.8, 4) is 0 Å². The SMILES string of the molecule is C.C.CC(=O)CCCBr.CC(=O)CCCN=[N+]=[N-].[N-]=[N+]=NCCCC(=O)O.[N-]=[N+]=[N-].[Na+]. The number of azide groups is 2. The van der Waals surface area contributed by atoms with Crippen molar-refractivity contribution in [1.29, 1.82) is 0 Å². The molecule has 13 nitrogen and oxygen atoms in total. The first-order valence-corrected chi connectivity index (χ1v) is 9.12. The first-order valence-electron chi connectivity index (χ1n) is 8.00. The van der Waals surface area contributed by atoms with Gasteiger partial charge >= 0.3 is 35.5 Å². The monoisotopic (exact) mass is 517 g/mol. The number of carboxylic acid groups (broad SMARTS) is 1. The minimum absolute atomic E-state index is 0. The van der Waals surface area contributed by atoms with Crippen molar-refractivity contribution in [2.24, 2.45) is 10.2 Å². The Kier molecular flexibility index (Phi) is 70.6. The van der Waals surface area contributed by atoms with Crippen LogP contribution in [0.1, 0.15) is 67.2 Å². The van der Waals surface area contributed by atoms with Crippen molar-refractivity contribution >= 4 is 33.5 Å². The number of alkyl halides is 1. The van der Waals surface area contributed by atoms with E-state index in [1.165, 1.54) is 11.8 Å². The van der Waals surface area contributed by atoms with Gasteiger partial charge in [-0.15, -0.1) is 0 Å². The number of carbonyl (C=O) groups excluding carboxylic acids is 2. The Morgan fingerprint density at radius 3 is 1.35 bits per heavy atom. The number of aliphatic carboxylic acids is 1. The summed E-state index contributed by atoms with van der Waals surface area (Å²) < 4.78 is 0. The average molecular weight is 518 g/mol. The molecule has 0 aromatic heterocycles. The smallest absolute Gasteiger partial charge is 0.481 e. The topological polar surface area (TPSA) is 228 Å². The summed E-state index contributed by atoms with van der Waals surface area (Å²) in [6.07, 6.45) is 3.34. The average Bonchev–Trinajstić information content (AvgIpc) is 2.62. The fourth-order valence-electron chi connectivity index (χ4n) is 1.10. The molecule has 0 saturated heterocycles. The first kappa shape index (κ1) is 47.1. The van der Waals surface area contributed by atoms with E-state index >= 15 is 0 Å². The van der Waals surface area contributed by atoms with Gasteiger partial charge in [0, 0.05) is 47.5 Å². The summed E-state index contributed by atoms with van der Waals surface area (Å²) >= 11 is 3.23. The number of hydrogen-bond acceptors (Lipinski definition) is 5. The Labute approximate surface area is 214 Å². The summed E-state index contributed by atoms with van der Waals surface area (Å²) in [6.45, 7) is 3.83. The minimum Gasteiger partial charge on any atom is -0.481 e. The van der Waals surface area contributed by atoms with Crippen molar-refractivity contribution in [3.05, 3.63) is 36.9 Å². The van der Waals surface area contributed by atoms with Gasteiger partial charge in [0.1, 0.15) is 11.6 Å². The van der Waals surface area contributed by atoms with Crippen LogP contribution in [0.3, 0.4) is 0 Å². The molecule has 0 amide bonds. The van der Waals surface area contributed by atoms with Gasteiger partial charge in [0.15, 0.2) is 0 Å². The zero-order chi connectivity index (χ0) is 22.6. The van der Waals surface area contributed by atoms with Gasteiger partial charge in [0.2, 0.25) is 0 Å². The van der Waals surface area contributed by atoms with Gasteiger partial charge in [0.05, 0.1) is 0 Å². The molecule has 0 bridgehead atoms. The number of rotatable bonds is 11. The Bertz CT molecular complexity index is 523. The predicted molar refractivity (Wildman–Crippen MR) is 122 cm³/mol. The molecular formula is C16H33BrN9NaO4. The molecule has 31 heavy (non-hydrogen) atoms. The number of ketones is 2. The summed E-state index contributed by atoms with van der Waals surface area (Å²) in [6, 6.07) is 0. The third-order valence-electron chi connectivity index (χ3n) is 2.22. The number of halogens is 1. The van der Waals surface area contributed by atoms with Crippen LogP contribution in [-0.2, 0) is 14.4 Å². The zero-order valence-corrected chi connectivity index (χ0v) is 20.5. The molecule has 0 saturated carbocycles. The maximum absolute atomic E-state index is 10.3. The van der Waals surface area contributed by atoms with Gasteiger partial charge in [0.25, 0.3) is 0 Å². The molecule has 0 spiro atoms. The van der Waals surface area contributed by atoms with E-state index in [9.17, 15) is 14.4 Å². The van der Waals surface area contributed by atoms with Crippen molar-refractivity contribution in [2.75, 3.05) is 18.4 Å². The largest absolute Gasteiger partial charge is 1.00 e. The second-order valence-corrected chi connectivity index (χ2v) is 5.59. The summed E-state index contributed by atoms with van der Waals surface area (Å²) in [5.41, 5.74) is 29.0. The van der Waals surface area contributed by atoms with E-state index in [0.29, 0.717) is 32.2 Å². The maximum atomic E-state index is 10.3. The molecule has 0 heterocycles. The molecule has 0 aliphatic rings. The first-order chi connectivity index (χ1) is 13.2. The fourth-order valence-corrected chi connectivity index (χ4v) is 1.39. The second kappa shape index (κ2) is 46.4. The number of carboxylic acids is 1. The van der Waals surface area contributed by atoms with Crippen molar-refractivity contribution in [2.45, 2.75) is 67.2 Å². The van der Waals surface area contributed by atoms with Crippen LogP contribution in [0.4, 0.5) is 0 Å². The summed E-state index contributed by atoms with van der Waals surface area (Å²) in [4.78, 5) is 36.8. The number of Topliss-reactive ketones (excluding diaryl/α,β-unsaturated/α-hetero) is 2. The third-order valence-corrected chi connectivity index (χ3v) is 2.79. The molecule has 0 aliphatic heterocycles. The van der Waals surface area contributed by atoms with E-state index in [1.54, 1.807) is 6.92 Å². The van der Waals surface area contributed by atoms with E-state index in [0.717, 1.165) is 11.8 Å². The Morgan fingerprint density at radius 2 is 1.13 bits per heavy atom. The van der Waals surface area contributed by atoms with Gasteiger partial charge in [-0.3, -0.25) is 9.71 Å². The normalized spacial score (nSPS) is 6.94. The number of nitrogens with zero attached hydrogens (tertiary/aromatic N) is 9. The maximum Gasteiger partial charge on any atom is 1.00 e. The molecule has 1 N–H and O–H groups in total. The molecule has 15 heteroatoms. The molecule has 0 aromatic carbocycles. The molecule has 174 valence electrons. The van der Waals surface area contributed by atoms with Crippen LogP contribution in [-0.4, -0.2) is 41.1 Å². The molecule has 0 aromatic rings. The molecule has 0 rings (SSSR count). The molecule has 0 unspecified atom stereocenters. The van der Waals surface area contributed by atoms with Crippen LogP contribution in [0.25, 0.3) is 36.9 Å². The standard InChI is InChI=1S/C5H9BrO.C5H9N3O.C4H7N3O2.2CH4.N3.Na/c1-5(7)3-2-4-6;1-5(9)3-2-4-7-8-6;5-7-6-3-1-2-4(8)9;;;1-3-2;/h2-4H2,1H3;2-4H2,1H3;1-3H2,(H,8,9);2*1H4;;/q;;;;;-1;+1. The van der Waals surface area contributed by atoms with Gasteiger partial charge in [-0.2, -0.15) is 0 Å². The van der Waals surface area contributed by atoms with Crippen molar-refractivity contribution in [3.63, 3.8) is 0 Å². The Balaban J connectivity index is -0.0000000503. The molecular weight excluding hydrogens is 485 g/mol. The predicted octanol–water partition coefficient (Wildman–Crippen LogP) is 3.72. The molecule has 0 radical (unpaired) electrons. The molecule has 0 atom stereocenters. The van der Waals surface area contributed by atoms with Crippen LogP contribution in [0, 0.1) is 0 Å². The quantitative estimate of drug-likeness (QED) is 0.108. The molecule has 0 aliphatic carbocycles. The van der Waals surface area contributed by atoms with Gasteiger partial charge in [-0.05, 0) is 44.2 Å². The van der Waals surface area contributed by atoms with Crippen LogP contribution in [0.5, 0.6) is 0 Å². The van der Waals surface area contributed by atoms with Crippen LogP contribution in [0.15, 0.2) is 10.2 Å². The van der Waals surface area contributed by atoms with E-state index in [4.69, 9.17) is 27.2 Å². The van der Waals surface area contributed by atoms with E-state index in [1.807, 2.05) is 0 Å². The second-order valence-electron chi connectivity index (χ2n) is 4.80. The summed E-state index contributed by atoms with van der Waals surface area (Å²) in [5.74, 6) is -0.439. The van der Waals surface area contributed by atoms with Crippen LogP contribution < -0.4 is 29.6 Å². The van der Waals surface area contributed by atoms with Crippen LogP contribution >= 0.6 is 15.9 Å². The fraction of sp³-hybridized carbons (Fsp3) is 0.812. The van der Waals surface area contributed by atoms with Gasteiger partial charge < -0.3 is 25.8 Å². The summed E-state index contributed by atoms with van der Waals surface area (Å²) in [7, 11) is 0. The Morgan fingerprint density at radius 1 is 0.806 bits per heavy atom. The van der Waals surface area contributed by atoms with Crippen molar-refractivity contribution in [1.82, 2.24) is 0 Å². The van der Waals surface area contributed by atoms with Crippen molar-refractivity contribution < 1.29 is 49.0 Å². The van der Waals surface area contributed by atoms with E-state index < -0.39 is 5.97 Å².